The number of benzene rings is 1. The lowest BCUT2D eigenvalue weighted by atomic mass is 9.91. The number of rotatable bonds is 3. The van der Waals surface area contributed by atoms with E-state index in [1.54, 1.807) is 6.07 Å². The molecule has 0 N–H and O–H groups in total. The van der Waals surface area contributed by atoms with Gasteiger partial charge in [0, 0.05) is 32.2 Å². The van der Waals surface area contributed by atoms with Gasteiger partial charge in [0.1, 0.15) is 6.54 Å². The SMILES string of the molecule is O=C(Cn1c(=O)oc2ccccc21)N1CCCN(C2CCC2)CC1. The third kappa shape index (κ3) is 2.86. The van der Waals surface area contributed by atoms with Gasteiger partial charge >= 0.3 is 5.76 Å². The molecule has 6 nitrogen and oxygen atoms in total. The summed E-state index contributed by atoms with van der Waals surface area (Å²) in [6, 6.07) is 7.96. The summed E-state index contributed by atoms with van der Waals surface area (Å²) < 4.78 is 6.65. The van der Waals surface area contributed by atoms with Crippen LogP contribution < -0.4 is 5.76 Å². The quantitative estimate of drug-likeness (QED) is 0.860. The van der Waals surface area contributed by atoms with Crippen molar-refractivity contribution in [2.24, 2.45) is 0 Å². The van der Waals surface area contributed by atoms with Crippen molar-refractivity contribution in [3.8, 4) is 0 Å². The van der Waals surface area contributed by atoms with E-state index in [0.717, 1.165) is 38.6 Å². The van der Waals surface area contributed by atoms with Crippen LogP contribution in [0.2, 0.25) is 0 Å². The molecule has 1 aliphatic heterocycles. The fourth-order valence-electron chi connectivity index (χ4n) is 3.70. The van der Waals surface area contributed by atoms with Crippen LogP contribution in [0.4, 0.5) is 0 Å². The van der Waals surface area contributed by atoms with Crippen molar-refractivity contribution in [1.29, 1.82) is 0 Å². The van der Waals surface area contributed by atoms with Crippen LogP contribution in [-0.2, 0) is 11.3 Å². The molecule has 2 aliphatic rings. The van der Waals surface area contributed by atoms with E-state index in [-0.39, 0.29) is 12.5 Å². The standard InChI is InChI=1S/C18H23N3O3/c22-17(13-21-15-7-1-2-8-16(15)24-18(21)23)20-10-4-9-19(11-12-20)14-5-3-6-14/h1-2,7-8,14H,3-6,9-13H2. The monoisotopic (exact) mass is 329 g/mol. The lowest BCUT2D eigenvalue weighted by molar-refractivity contribution is -0.131. The molecular formula is C18H23N3O3. The number of nitrogens with zero attached hydrogens (tertiary/aromatic N) is 3. The average Bonchev–Trinajstić information content (AvgIpc) is 2.71. The molecule has 1 aliphatic carbocycles. The van der Waals surface area contributed by atoms with Gasteiger partial charge in [0.15, 0.2) is 5.58 Å². The van der Waals surface area contributed by atoms with Gasteiger partial charge in [-0.15, -0.1) is 0 Å². The Morgan fingerprint density at radius 3 is 2.71 bits per heavy atom. The predicted octanol–water partition coefficient (Wildman–Crippen LogP) is 1.68. The first-order valence-electron chi connectivity index (χ1n) is 8.82. The van der Waals surface area contributed by atoms with Crippen molar-refractivity contribution in [2.45, 2.75) is 38.3 Å². The molecule has 128 valence electrons. The Morgan fingerprint density at radius 1 is 1.08 bits per heavy atom. The molecule has 0 unspecified atom stereocenters. The van der Waals surface area contributed by atoms with Gasteiger partial charge in [-0.25, -0.2) is 4.79 Å². The van der Waals surface area contributed by atoms with Crippen LogP contribution in [0.15, 0.2) is 33.5 Å². The van der Waals surface area contributed by atoms with E-state index < -0.39 is 5.76 Å². The van der Waals surface area contributed by atoms with E-state index in [2.05, 4.69) is 4.90 Å². The summed E-state index contributed by atoms with van der Waals surface area (Å²) in [5, 5.41) is 0. The van der Waals surface area contributed by atoms with Gasteiger partial charge in [-0.05, 0) is 31.4 Å². The van der Waals surface area contributed by atoms with Gasteiger partial charge in [-0.3, -0.25) is 14.3 Å². The molecule has 1 aromatic carbocycles. The van der Waals surface area contributed by atoms with Crippen LogP contribution >= 0.6 is 0 Å². The second-order valence-electron chi connectivity index (χ2n) is 6.78. The van der Waals surface area contributed by atoms with E-state index in [1.165, 1.54) is 23.8 Å². The fourth-order valence-corrected chi connectivity index (χ4v) is 3.70. The molecule has 2 aromatic rings. The van der Waals surface area contributed by atoms with Gasteiger partial charge in [-0.2, -0.15) is 0 Å². The Bertz CT molecular complexity index is 790. The van der Waals surface area contributed by atoms with E-state index >= 15 is 0 Å². The van der Waals surface area contributed by atoms with Crippen molar-refractivity contribution in [3.63, 3.8) is 0 Å². The van der Waals surface area contributed by atoms with Crippen molar-refractivity contribution in [3.05, 3.63) is 34.8 Å². The van der Waals surface area contributed by atoms with Gasteiger partial charge < -0.3 is 9.32 Å². The normalized spacial score (nSPS) is 20.1. The van der Waals surface area contributed by atoms with E-state index in [0.29, 0.717) is 11.1 Å². The fraction of sp³-hybridized carbons (Fsp3) is 0.556. The molecular weight excluding hydrogens is 306 g/mol. The van der Waals surface area contributed by atoms with Crippen molar-refractivity contribution in [1.82, 2.24) is 14.4 Å². The third-order valence-electron chi connectivity index (χ3n) is 5.34. The second kappa shape index (κ2) is 6.43. The number of oxazole rings is 1. The number of para-hydroxylation sites is 2. The molecule has 0 spiro atoms. The van der Waals surface area contributed by atoms with Crippen LogP contribution in [0.25, 0.3) is 11.1 Å². The van der Waals surface area contributed by atoms with Gasteiger partial charge in [-0.1, -0.05) is 18.6 Å². The molecule has 0 bridgehead atoms. The zero-order valence-corrected chi connectivity index (χ0v) is 13.8. The highest BCUT2D eigenvalue weighted by atomic mass is 16.4. The Kier molecular flexibility index (Phi) is 4.14. The van der Waals surface area contributed by atoms with Crippen molar-refractivity contribution >= 4 is 17.0 Å². The van der Waals surface area contributed by atoms with E-state index in [9.17, 15) is 9.59 Å². The largest absolute Gasteiger partial charge is 0.420 e. The molecule has 6 heteroatoms. The lowest BCUT2D eigenvalue weighted by Gasteiger charge is -2.36. The van der Waals surface area contributed by atoms with Gasteiger partial charge in [0.2, 0.25) is 5.91 Å². The number of hydrogen-bond donors (Lipinski definition) is 0. The first kappa shape index (κ1) is 15.4. The number of aromatic nitrogens is 1. The first-order chi connectivity index (χ1) is 11.7. The van der Waals surface area contributed by atoms with Gasteiger partial charge in [0.25, 0.3) is 0 Å². The van der Waals surface area contributed by atoms with E-state index in [1.807, 2.05) is 23.1 Å². The molecule has 24 heavy (non-hydrogen) atoms. The molecule has 0 radical (unpaired) electrons. The minimum atomic E-state index is -0.463. The minimum absolute atomic E-state index is 0.000822. The van der Waals surface area contributed by atoms with Crippen LogP contribution in [0.3, 0.4) is 0 Å². The van der Waals surface area contributed by atoms with Crippen LogP contribution in [0, 0.1) is 0 Å². The van der Waals surface area contributed by atoms with E-state index in [4.69, 9.17) is 4.42 Å². The zero-order chi connectivity index (χ0) is 16.5. The topological polar surface area (TPSA) is 58.7 Å². The average molecular weight is 329 g/mol. The molecule has 0 atom stereocenters. The predicted molar refractivity (Wildman–Crippen MR) is 90.9 cm³/mol. The Labute approximate surface area is 140 Å². The smallest absolute Gasteiger partial charge is 0.408 e. The summed E-state index contributed by atoms with van der Waals surface area (Å²) >= 11 is 0. The maximum Gasteiger partial charge on any atom is 0.420 e. The maximum absolute atomic E-state index is 12.7. The maximum atomic E-state index is 12.7. The summed E-state index contributed by atoms with van der Waals surface area (Å²) in [5.41, 5.74) is 1.21. The number of hydrogen-bond acceptors (Lipinski definition) is 4. The summed E-state index contributed by atoms with van der Waals surface area (Å²) in [6.07, 6.45) is 4.93. The van der Waals surface area contributed by atoms with Crippen LogP contribution in [0.5, 0.6) is 0 Å². The number of fused-ring (bicyclic) bond motifs is 1. The lowest BCUT2D eigenvalue weighted by Crippen LogP contribution is -2.43. The molecule has 1 amide bonds. The summed E-state index contributed by atoms with van der Waals surface area (Å²) in [5.74, 6) is -0.463. The van der Waals surface area contributed by atoms with Crippen molar-refractivity contribution < 1.29 is 9.21 Å². The molecule has 2 fully saturated rings. The van der Waals surface area contributed by atoms with Crippen LogP contribution in [0.1, 0.15) is 25.7 Å². The summed E-state index contributed by atoms with van der Waals surface area (Å²) in [4.78, 5) is 29.1. The zero-order valence-electron chi connectivity index (χ0n) is 13.8. The molecule has 2 heterocycles. The van der Waals surface area contributed by atoms with Gasteiger partial charge in [0.05, 0.1) is 5.52 Å². The molecule has 1 saturated heterocycles. The highest BCUT2D eigenvalue weighted by Crippen LogP contribution is 2.25. The molecule has 4 rings (SSSR count). The first-order valence-corrected chi connectivity index (χ1v) is 8.82. The number of carbonyl (C=O) groups is 1. The minimum Gasteiger partial charge on any atom is -0.408 e. The second-order valence-corrected chi connectivity index (χ2v) is 6.78. The Balaban J connectivity index is 1.45. The Morgan fingerprint density at radius 2 is 1.92 bits per heavy atom. The highest BCUT2D eigenvalue weighted by molar-refractivity contribution is 5.79. The Hall–Kier alpha value is -2.08. The third-order valence-corrected chi connectivity index (χ3v) is 5.34. The molecule has 1 saturated carbocycles. The summed E-state index contributed by atoms with van der Waals surface area (Å²) in [6.45, 7) is 3.59. The van der Waals surface area contributed by atoms with Crippen LogP contribution in [-0.4, -0.2) is 52.5 Å². The highest BCUT2D eigenvalue weighted by Gasteiger charge is 2.28. The number of carbonyl (C=O) groups excluding carboxylic acids is 1. The summed E-state index contributed by atoms with van der Waals surface area (Å²) in [7, 11) is 0. The number of amides is 1. The van der Waals surface area contributed by atoms with Crippen molar-refractivity contribution in [2.75, 3.05) is 26.2 Å². The molecule has 1 aromatic heterocycles.